The number of carbonyl (C=O) groups excluding carboxylic acids is 1. The summed E-state index contributed by atoms with van der Waals surface area (Å²) in [6.07, 6.45) is 2.89. The Kier molecular flexibility index (Phi) is 4.58. The van der Waals surface area contributed by atoms with E-state index in [1.807, 2.05) is 6.92 Å². The highest BCUT2D eigenvalue weighted by Gasteiger charge is 2.35. The van der Waals surface area contributed by atoms with Crippen LogP contribution in [0, 0.1) is 11.2 Å². The summed E-state index contributed by atoms with van der Waals surface area (Å²) in [7, 11) is 0. The first-order valence-corrected chi connectivity index (χ1v) is 8.15. The van der Waals surface area contributed by atoms with Crippen molar-refractivity contribution in [3.05, 3.63) is 36.3 Å². The first-order valence-electron chi connectivity index (χ1n) is 7.34. The van der Waals surface area contributed by atoms with E-state index >= 15 is 0 Å². The summed E-state index contributed by atoms with van der Waals surface area (Å²) in [6.45, 7) is 3.12. The topological polar surface area (TPSA) is 60.5 Å². The van der Waals surface area contributed by atoms with Gasteiger partial charge in [-0.25, -0.2) is 9.37 Å². The smallest absolute Gasteiger partial charge is 0.232 e. The first-order chi connectivity index (χ1) is 11.0. The van der Waals surface area contributed by atoms with Crippen molar-refractivity contribution in [2.75, 3.05) is 18.5 Å². The molecule has 1 saturated heterocycles. The molecule has 1 aliphatic rings. The van der Waals surface area contributed by atoms with Crippen molar-refractivity contribution in [3.63, 3.8) is 0 Å². The van der Waals surface area contributed by atoms with Gasteiger partial charge in [0.1, 0.15) is 11.6 Å². The van der Waals surface area contributed by atoms with E-state index < -0.39 is 5.41 Å². The van der Waals surface area contributed by atoms with Crippen molar-refractivity contribution in [1.82, 2.24) is 4.98 Å². The van der Waals surface area contributed by atoms with Crippen molar-refractivity contribution in [3.8, 4) is 10.8 Å². The van der Waals surface area contributed by atoms with Crippen molar-refractivity contribution in [2.45, 2.75) is 19.8 Å². The van der Waals surface area contributed by atoms with Gasteiger partial charge in [-0.2, -0.15) is 0 Å². The molecule has 3 rings (SSSR count). The molecule has 122 valence electrons. The number of benzene rings is 1. The summed E-state index contributed by atoms with van der Waals surface area (Å²) in [5.41, 5.74) is -0.437. The molecule has 2 heterocycles. The van der Waals surface area contributed by atoms with Crippen molar-refractivity contribution in [2.24, 2.45) is 5.41 Å². The number of halogens is 1. The molecule has 0 saturated carbocycles. The van der Waals surface area contributed by atoms with Gasteiger partial charge in [-0.3, -0.25) is 4.79 Å². The number of ether oxygens (including phenoxy) is 2. The largest absolute Gasteiger partial charge is 0.445 e. The van der Waals surface area contributed by atoms with Crippen molar-refractivity contribution in [1.29, 1.82) is 0 Å². The van der Waals surface area contributed by atoms with Crippen LogP contribution in [0.5, 0.6) is 10.8 Å². The lowest BCUT2D eigenvalue weighted by Gasteiger charge is -2.31. The second-order valence-electron chi connectivity index (χ2n) is 5.67. The number of rotatable bonds is 4. The van der Waals surface area contributed by atoms with Gasteiger partial charge in [-0.15, -0.1) is 0 Å². The maximum atomic E-state index is 13.1. The van der Waals surface area contributed by atoms with E-state index in [0.29, 0.717) is 42.0 Å². The van der Waals surface area contributed by atoms with E-state index in [4.69, 9.17) is 9.47 Å². The zero-order chi connectivity index (χ0) is 16.3. The van der Waals surface area contributed by atoms with E-state index in [-0.39, 0.29) is 11.7 Å². The summed E-state index contributed by atoms with van der Waals surface area (Å²) in [5.74, 6) is -0.0386. The third-order valence-corrected chi connectivity index (χ3v) is 4.65. The molecule has 1 fully saturated rings. The van der Waals surface area contributed by atoms with Gasteiger partial charge >= 0.3 is 0 Å². The van der Waals surface area contributed by atoms with Crippen LogP contribution in [-0.2, 0) is 9.53 Å². The number of nitrogens with zero attached hydrogens (tertiary/aromatic N) is 1. The molecule has 1 aliphatic heterocycles. The van der Waals surface area contributed by atoms with Crippen LogP contribution in [0.1, 0.15) is 19.8 Å². The Morgan fingerprint density at radius 1 is 1.43 bits per heavy atom. The van der Waals surface area contributed by atoms with Crippen LogP contribution in [0.3, 0.4) is 0 Å². The lowest BCUT2D eigenvalue weighted by atomic mass is 9.81. The summed E-state index contributed by atoms with van der Waals surface area (Å²) in [5, 5.41) is 3.78. The highest BCUT2D eigenvalue weighted by Crippen LogP contribution is 2.34. The van der Waals surface area contributed by atoms with Crippen LogP contribution in [-0.4, -0.2) is 24.1 Å². The molecular weight excluding hydrogens is 319 g/mol. The number of anilines is 1. The number of aromatic nitrogens is 1. The summed E-state index contributed by atoms with van der Waals surface area (Å²) >= 11 is 1.21. The predicted molar refractivity (Wildman–Crippen MR) is 85.4 cm³/mol. The third-order valence-electron chi connectivity index (χ3n) is 3.86. The van der Waals surface area contributed by atoms with Gasteiger partial charge in [0, 0.05) is 19.3 Å². The zero-order valence-corrected chi connectivity index (χ0v) is 13.5. The Morgan fingerprint density at radius 2 is 2.22 bits per heavy atom. The van der Waals surface area contributed by atoms with E-state index in [0.717, 1.165) is 0 Å². The molecule has 1 aromatic heterocycles. The Balaban J connectivity index is 1.64. The molecule has 23 heavy (non-hydrogen) atoms. The van der Waals surface area contributed by atoms with Crippen LogP contribution in [0.2, 0.25) is 0 Å². The van der Waals surface area contributed by atoms with Gasteiger partial charge in [0.15, 0.2) is 5.13 Å². The summed E-state index contributed by atoms with van der Waals surface area (Å²) < 4.78 is 24.0. The van der Waals surface area contributed by atoms with Gasteiger partial charge in [0.05, 0.1) is 11.6 Å². The number of hydrogen-bond acceptors (Lipinski definition) is 5. The van der Waals surface area contributed by atoms with Gasteiger partial charge < -0.3 is 14.8 Å². The molecule has 1 aromatic carbocycles. The summed E-state index contributed by atoms with van der Waals surface area (Å²) in [4.78, 5) is 16.5. The quantitative estimate of drug-likeness (QED) is 0.922. The second-order valence-corrected chi connectivity index (χ2v) is 6.66. The van der Waals surface area contributed by atoms with Gasteiger partial charge in [-0.1, -0.05) is 24.3 Å². The number of nitrogens with one attached hydrogen (secondary N) is 1. The van der Waals surface area contributed by atoms with Crippen molar-refractivity contribution >= 4 is 22.4 Å². The number of thiazole rings is 1. The van der Waals surface area contributed by atoms with Crippen LogP contribution < -0.4 is 10.1 Å². The molecule has 5 nitrogen and oxygen atoms in total. The molecule has 0 unspecified atom stereocenters. The molecule has 1 amide bonds. The molecule has 1 N–H and O–H groups in total. The lowest BCUT2D eigenvalue weighted by molar-refractivity contribution is -0.129. The molecule has 2 aromatic rings. The highest BCUT2D eigenvalue weighted by molar-refractivity contribution is 7.17. The van der Waals surface area contributed by atoms with Gasteiger partial charge in [-0.05, 0) is 25.0 Å². The van der Waals surface area contributed by atoms with Crippen molar-refractivity contribution < 1.29 is 18.7 Å². The van der Waals surface area contributed by atoms with E-state index in [2.05, 4.69) is 10.3 Å². The molecule has 7 heteroatoms. The van der Waals surface area contributed by atoms with Crippen LogP contribution in [0.15, 0.2) is 30.5 Å². The van der Waals surface area contributed by atoms with Crippen LogP contribution in [0.4, 0.5) is 9.52 Å². The molecule has 0 aliphatic carbocycles. The lowest BCUT2D eigenvalue weighted by Crippen LogP contribution is -2.38. The van der Waals surface area contributed by atoms with E-state index in [1.165, 1.54) is 29.7 Å². The number of hydrogen-bond donors (Lipinski definition) is 1. The van der Waals surface area contributed by atoms with E-state index in [9.17, 15) is 9.18 Å². The second kappa shape index (κ2) is 6.64. The average molecular weight is 336 g/mol. The Labute approximate surface area is 137 Å². The van der Waals surface area contributed by atoms with Crippen LogP contribution >= 0.6 is 11.3 Å². The Morgan fingerprint density at radius 3 is 2.96 bits per heavy atom. The molecule has 0 radical (unpaired) electrons. The van der Waals surface area contributed by atoms with Crippen LogP contribution in [0.25, 0.3) is 0 Å². The fourth-order valence-corrected chi connectivity index (χ4v) is 2.99. The molecule has 0 atom stereocenters. The van der Waals surface area contributed by atoms with Gasteiger partial charge in [0.25, 0.3) is 0 Å². The Bertz CT molecular complexity index is 698. The summed E-state index contributed by atoms with van der Waals surface area (Å²) in [6, 6.07) is 5.87. The minimum Gasteiger partial charge on any atom is -0.445 e. The van der Waals surface area contributed by atoms with Gasteiger partial charge in [0.2, 0.25) is 11.0 Å². The SMILES string of the molecule is CC1(C(=O)Nc2ncc(Oc3cccc(F)c3)s2)CCOCC1. The number of carbonyl (C=O) groups is 1. The standard InChI is InChI=1S/C16H17FN2O3S/c1-16(5-7-21-8-6-16)14(20)19-15-18-10-13(23-15)22-12-4-2-3-11(17)9-12/h2-4,9-10H,5-8H2,1H3,(H,18,19,20). The minimum absolute atomic E-state index is 0.0625. The average Bonchev–Trinajstić information content (AvgIpc) is 2.95. The molecular formula is C16H17FN2O3S. The normalized spacial score (nSPS) is 16.8. The monoisotopic (exact) mass is 336 g/mol. The third kappa shape index (κ3) is 3.86. The maximum Gasteiger partial charge on any atom is 0.232 e. The first kappa shape index (κ1) is 15.9. The molecule has 0 bridgehead atoms. The fourth-order valence-electron chi connectivity index (χ4n) is 2.31. The fraction of sp³-hybridized carbons (Fsp3) is 0.375. The Hall–Kier alpha value is -1.99. The predicted octanol–water partition coefficient (Wildman–Crippen LogP) is 3.83. The molecule has 0 spiro atoms. The van der Waals surface area contributed by atoms with E-state index in [1.54, 1.807) is 12.1 Å². The highest BCUT2D eigenvalue weighted by atomic mass is 32.1. The minimum atomic E-state index is -0.437. The zero-order valence-electron chi connectivity index (χ0n) is 12.7. The number of amides is 1. The maximum absolute atomic E-state index is 13.1.